The van der Waals surface area contributed by atoms with Gasteiger partial charge in [-0.2, -0.15) is 0 Å². The van der Waals surface area contributed by atoms with Gasteiger partial charge in [0.05, 0.1) is 6.54 Å². The number of likely N-dealkylation sites (N-methyl/N-ethyl adjacent to an activating group) is 1. The molecule has 2 heterocycles. The van der Waals surface area contributed by atoms with Crippen LogP contribution in [0.1, 0.15) is 52.7 Å². The summed E-state index contributed by atoms with van der Waals surface area (Å²) < 4.78 is 0. The summed E-state index contributed by atoms with van der Waals surface area (Å²) in [5.41, 5.74) is 0.474. The van der Waals surface area contributed by atoms with Crippen LogP contribution in [0.15, 0.2) is 46.3 Å². The van der Waals surface area contributed by atoms with Crippen molar-refractivity contribution in [2.24, 2.45) is 9.98 Å². The van der Waals surface area contributed by atoms with Crippen molar-refractivity contribution in [1.29, 1.82) is 0 Å². The normalized spacial score (nSPS) is 19.2. The number of aromatic nitrogens is 1. The first-order valence-electron chi connectivity index (χ1n) is 9.18. The van der Waals surface area contributed by atoms with Crippen LogP contribution < -0.4 is 5.32 Å². The third-order valence-corrected chi connectivity index (χ3v) is 3.75. The van der Waals surface area contributed by atoms with Crippen LogP contribution >= 0.6 is 0 Å². The zero-order valence-corrected chi connectivity index (χ0v) is 16.2. The minimum absolute atomic E-state index is 0.0155. The molecule has 0 fully saturated rings. The number of carbonyl (C=O) groups excluding carboxylic acids is 1. The second kappa shape index (κ2) is 9.27. The Balaban J connectivity index is 2.28. The lowest BCUT2D eigenvalue weighted by molar-refractivity contribution is -0.123. The molecule has 6 nitrogen and oxygen atoms in total. The highest BCUT2D eigenvalue weighted by molar-refractivity contribution is 6.02. The van der Waals surface area contributed by atoms with Gasteiger partial charge in [0.15, 0.2) is 5.84 Å². The van der Waals surface area contributed by atoms with Crippen LogP contribution in [0.5, 0.6) is 0 Å². The molecule has 140 valence electrons. The lowest BCUT2D eigenvalue weighted by Gasteiger charge is -2.26. The summed E-state index contributed by atoms with van der Waals surface area (Å²) in [7, 11) is 0. The number of carbonyl (C=O) groups is 1. The van der Waals surface area contributed by atoms with Gasteiger partial charge in [0, 0.05) is 24.5 Å². The van der Waals surface area contributed by atoms with Crippen molar-refractivity contribution in [3.63, 3.8) is 0 Å². The van der Waals surface area contributed by atoms with Gasteiger partial charge in [0.1, 0.15) is 11.5 Å². The molecule has 1 aromatic rings. The Hall–Kier alpha value is -2.50. The van der Waals surface area contributed by atoms with Crippen LogP contribution in [-0.2, 0) is 4.79 Å². The number of nitrogens with one attached hydrogen (secondary N) is 1. The number of amidine groups is 1. The van der Waals surface area contributed by atoms with Gasteiger partial charge in [0.25, 0.3) is 0 Å². The maximum atomic E-state index is 12.4. The van der Waals surface area contributed by atoms with E-state index in [0.29, 0.717) is 12.4 Å². The number of amides is 1. The van der Waals surface area contributed by atoms with E-state index < -0.39 is 0 Å². The topological polar surface area (TPSA) is 70.0 Å². The lowest BCUT2D eigenvalue weighted by atomic mass is 10.1. The Labute approximate surface area is 156 Å². The van der Waals surface area contributed by atoms with Crippen LogP contribution in [0.3, 0.4) is 0 Å². The molecule has 2 rings (SSSR count). The summed E-state index contributed by atoms with van der Waals surface area (Å²) in [5.74, 6) is 1.34. The van der Waals surface area contributed by atoms with Crippen molar-refractivity contribution in [2.45, 2.75) is 52.5 Å². The van der Waals surface area contributed by atoms with E-state index in [1.807, 2.05) is 57.0 Å². The van der Waals surface area contributed by atoms with E-state index in [2.05, 4.69) is 21.4 Å². The molecular weight excluding hydrogens is 326 g/mol. The van der Waals surface area contributed by atoms with Crippen LogP contribution in [-0.4, -0.2) is 46.5 Å². The minimum Gasteiger partial charge on any atom is -0.350 e. The minimum atomic E-state index is -0.254. The molecular formula is C20H29N5O. The molecule has 6 heteroatoms. The van der Waals surface area contributed by atoms with E-state index in [4.69, 9.17) is 4.99 Å². The Morgan fingerprint density at radius 1 is 1.27 bits per heavy atom. The molecule has 0 unspecified atom stereocenters. The largest absolute Gasteiger partial charge is 0.350 e. The van der Waals surface area contributed by atoms with Gasteiger partial charge in [-0.3, -0.25) is 9.78 Å². The van der Waals surface area contributed by atoms with E-state index >= 15 is 0 Å². The van der Waals surface area contributed by atoms with Crippen LogP contribution in [0, 0.1) is 0 Å². The van der Waals surface area contributed by atoms with Crippen molar-refractivity contribution >= 4 is 18.0 Å². The maximum Gasteiger partial charge on any atom is 0.239 e. The molecule has 1 aromatic heterocycles. The van der Waals surface area contributed by atoms with Crippen molar-refractivity contribution in [1.82, 2.24) is 15.2 Å². The van der Waals surface area contributed by atoms with E-state index in [0.717, 1.165) is 30.8 Å². The van der Waals surface area contributed by atoms with Crippen LogP contribution in [0.4, 0.5) is 0 Å². The molecule has 1 amide bonds. The third kappa shape index (κ3) is 6.43. The number of nitrogens with zero attached hydrogens (tertiary/aromatic N) is 4. The van der Waals surface area contributed by atoms with Crippen molar-refractivity contribution in [3.05, 3.63) is 42.0 Å². The first kappa shape index (κ1) is 19.8. The Morgan fingerprint density at radius 3 is 2.73 bits per heavy atom. The average Bonchev–Trinajstić information content (AvgIpc) is 2.71. The second-order valence-corrected chi connectivity index (χ2v) is 7.27. The Kier molecular flexibility index (Phi) is 7.06. The standard InChI is InChI=1S/C20H29N5O/c1-5-25(15-18(26)24-20(2,3)4)17-12-7-6-9-14-22-19(23-17)16-11-8-10-13-21-16/h8,10-14H,5-7,9,15H2,1-4H3,(H,24,26)/b17-12-,22-14?,23-19-. The van der Waals surface area contributed by atoms with Crippen molar-refractivity contribution < 1.29 is 4.79 Å². The highest BCUT2D eigenvalue weighted by Gasteiger charge is 2.18. The molecule has 26 heavy (non-hydrogen) atoms. The van der Waals surface area contributed by atoms with Crippen LogP contribution in [0.2, 0.25) is 0 Å². The number of allylic oxidation sites excluding steroid dienone is 1. The molecule has 0 radical (unpaired) electrons. The van der Waals surface area contributed by atoms with Gasteiger partial charge in [-0.15, -0.1) is 0 Å². The Morgan fingerprint density at radius 2 is 2.08 bits per heavy atom. The summed E-state index contributed by atoms with van der Waals surface area (Å²) in [4.78, 5) is 28.0. The van der Waals surface area contributed by atoms with E-state index in [1.165, 1.54) is 0 Å². The zero-order chi connectivity index (χ0) is 19.0. The van der Waals surface area contributed by atoms with Gasteiger partial charge < -0.3 is 10.2 Å². The highest BCUT2D eigenvalue weighted by Crippen LogP contribution is 2.14. The number of hydrogen-bond donors (Lipinski definition) is 1. The molecule has 0 atom stereocenters. The molecule has 0 aromatic carbocycles. The van der Waals surface area contributed by atoms with Crippen molar-refractivity contribution in [3.8, 4) is 0 Å². The number of aliphatic imine (C=N–C) groups is 2. The predicted molar refractivity (Wildman–Crippen MR) is 106 cm³/mol. The van der Waals surface area contributed by atoms with Gasteiger partial charge >= 0.3 is 0 Å². The zero-order valence-electron chi connectivity index (χ0n) is 16.2. The van der Waals surface area contributed by atoms with Gasteiger partial charge in [-0.05, 0) is 65.2 Å². The summed E-state index contributed by atoms with van der Waals surface area (Å²) in [5, 5.41) is 3.01. The smallest absolute Gasteiger partial charge is 0.239 e. The fraction of sp³-hybridized carbons (Fsp3) is 0.500. The van der Waals surface area contributed by atoms with Gasteiger partial charge in [-0.1, -0.05) is 6.07 Å². The van der Waals surface area contributed by atoms with Gasteiger partial charge in [0.2, 0.25) is 5.91 Å². The van der Waals surface area contributed by atoms with E-state index in [-0.39, 0.29) is 18.0 Å². The maximum absolute atomic E-state index is 12.4. The van der Waals surface area contributed by atoms with Crippen LogP contribution in [0.25, 0.3) is 0 Å². The number of hydrogen-bond acceptors (Lipinski definition) is 5. The third-order valence-electron chi connectivity index (χ3n) is 3.75. The molecule has 0 saturated carbocycles. The van der Waals surface area contributed by atoms with E-state index in [9.17, 15) is 4.79 Å². The van der Waals surface area contributed by atoms with Crippen molar-refractivity contribution in [2.75, 3.05) is 13.1 Å². The molecule has 0 saturated heterocycles. The van der Waals surface area contributed by atoms with Gasteiger partial charge in [-0.25, -0.2) is 9.98 Å². The van der Waals surface area contributed by atoms with E-state index in [1.54, 1.807) is 6.20 Å². The fourth-order valence-corrected chi connectivity index (χ4v) is 2.58. The summed E-state index contributed by atoms with van der Waals surface area (Å²) in [6, 6.07) is 5.69. The molecule has 1 N–H and O–H groups in total. The summed E-state index contributed by atoms with van der Waals surface area (Å²) >= 11 is 0. The first-order chi connectivity index (χ1) is 12.4. The predicted octanol–water partition coefficient (Wildman–Crippen LogP) is 3.16. The lowest BCUT2D eigenvalue weighted by Crippen LogP contribution is -2.45. The molecule has 0 aliphatic carbocycles. The monoisotopic (exact) mass is 355 g/mol. The number of pyridine rings is 1. The molecule has 0 spiro atoms. The SMILES string of the molecule is CCN(CC(=O)NC(C)(C)C)C1=C\CCCC=N/C(c2ccccn2)=N\1. The molecule has 1 aliphatic rings. The fourth-order valence-electron chi connectivity index (χ4n) is 2.58. The highest BCUT2D eigenvalue weighted by atomic mass is 16.2. The first-order valence-corrected chi connectivity index (χ1v) is 9.18. The average molecular weight is 355 g/mol. The quantitative estimate of drug-likeness (QED) is 0.882. The molecule has 0 bridgehead atoms. The summed E-state index contributed by atoms with van der Waals surface area (Å²) in [6.45, 7) is 8.91. The number of rotatable bonds is 5. The Bertz CT molecular complexity index is 686. The second-order valence-electron chi connectivity index (χ2n) is 7.27. The molecule has 1 aliphatic heterocycles. The summed E-state index contributed by atoms with van der Waals surface area (Å²) in [6.07, 6.45) is 8.52.